The molecule has 0 aliphatic carbocycles. The number of carbonyl (C=O) groups excluding carboxylic acids is 2. The first kappa shape index (κ1) is 25.5. The third kappa shape index (κ3) is 5.31. The lowest BCUT2D eigenvalue weighted by molar-refractivity contribution is -0.149. The second-order valence-electron chi connectivity index (χ2n) is 8.71. The van der Waals surface area contributed by atoms with Crippen molar-refractivity contribution in [1.29, 1.82) is 0 Å². The third-order valence-corrected chi connectivity index (χ3v) is 8.52. The van der Waals surface area contributed by atoms with Crippen LogP contribution in [0.4, 0.5) is 5.69 Å². The average molecular weight is 524 g/mol. The molecule has 0 spiro atoms. The van der Waals surface area contributed by atoms with Gasteiger partial charge >= 0.3 is 5.97 Å². The Labute approximate surface area is 210 Å². The maximum atomic E-state index is 13.5. The SMILES string of the molecule is CCOC(=O)C1CCCN(C(=O)c2cn(C)nc2S(=O)(=O)N2CCN(c3ccccc3Cl)CC2)C1. The number of piperazine rings is 1. The number of anilines is 1. The van der Waals surface area contributed by atoms with Gasteiger partial charge in [-0.25, -0.2) is 8.42 Å². The number of ether oxygens (including phenoxy) is 1. The number of piperidine rings is 1. The second-order valence-corrected chi connectivity index (χ2v) is 11.0. The summed E-state index contributed by atoms with van der Waals surface area (Å²) in [6.45, 7) is 4.07. The van der Waals surface area contributed by atoms with Crippen LogP contribution in [0, 0.1) is 5.92 Å². The van der Waals surface area contributed by atoms with E-state index in [0.717, 1.165) is 5.69 Å². The highest BCUT2D eigenvalue weighted by Gasteiger charge is 2.37. The van der Waals surface area contributed by atoms with Crippen LogP contribution in [-0.2, 0) is 26.6 Å². The van der Waals surface area contributed by atoms with Gasteiger partial charge in [-0.1, -0.05) is 23.7 Å². The fraction of sp³-hybridized carbons (Fsp3) is 0.522. The molecule has 0 saturated carbocycles. The van der Waals surface area contributed by atoms with E-state index in [4.69, 9.17) is 16.3 Å². The number of carbonyl (C=O) groups is 2. The molecule has 0 N–H and O–H groups in total. The highest BCUT2D eigenvalue weighted by atomic mass is 35.5. The first-order chi connectivity index (χ1) is 16.7. The van der Waals surface area contributed by atoms with Gasteiger partial charge in [0.05, 0.1) is 28.8 Å². The summed E-state index contributed by atoms with van der Waals surface area (Å²) in [6.07, 6.45) is 2.71. The molecule has 12 heteroatoms. The molecule has 0 bridgehead atoms. The van der Waals surface area contributed by atoms with E-state index < -0.39 is 21.8 Å². The number of sulfonamides is 1. The van der Waals surface area contributed by atoms with Gasteiger partial charge in [-0.15, -0.1) is 0 Å². The van der Waals surface area contributed by atoms with Crippen molar-refractivity contribution >= 4 is 39.2 Å². The molecule has 4 rings (SSSR count). The first-order valence-electron chi connectivity index (χ1n) is 11.7. The Balaban J connectivity index is 1.51. The molecule has 1 atom stereocenters. The smallest absolute Gasteiger partial charge is 0.310 e. The number of nitrogens with zero attached hydrogens (tertiary/aromatic N) is 5. The van der Waals surface area contributed by atoms with Crippen molar-refractivity contribution in [3.8, 4) is 0 Å². The second kappa shape index (κ2) is 10.5. The number of benzene rings is 1. The zero-order valence-electron chi connectivity index (χ0n) is 19.9. The number of halogens is 1. The lowest BCUT2D eigenvalue weighted by Gasteiger charge is -2.35. The van der Waals surface area contributed by atoms with Gasteiger partial charge in [-0.2, -0.15) is 9.40 Å². The Hall–Kier alpha value is -2.63. The summed E-state index contributed by atoms with van der Waals surface area (Å²) in [5.74, 6) is -1.19. The van der Waals surface area contributed by atoms with Crippen molar-refractivity contribution in [3.05, 3.63) is 41.0 Å². The van der Waals surface area contributed by atoms with Gasteiger partial charge in [0.25, 0.3) is 15.9 Å². The van der Waals surface area contributed by atoms with Crippen LogP contribution in [0.3, 0.4) is 0 Å². The molecule has 190 valence electrons. The van der Waals surface area contributed by atoms with Gasteiger partial charge in [0.15, 0.2) is 0 Å². The van der Waals surface area contributed by atoms with Crippen molar-refractivity contribution in [2.75, 3.05) is 50.8 Å². The van der Waals surface area contributed by atoms with E-state index in [2.05, 4.69) is 5.10 Å². The number of esters is 1. The van der Waals surface area contributed by atoms with E-state index >= 15 is 0 Å². The third-order valence-electron chi connectivity index (χ3n) is 6.37. The van der Waals surface area contributed by atoms with E-state index in [-0.39, 0.29) is 42.8 Å². The van der Waals surface area contributed by atoms with E-state index in [9.17, 15) is 18.0 Å². The Kier molecular flexibility index (Phi) is 7.67. The number of hydrogen-bond donors (Lipinski definition) is 0. The summed E-state index contributed by atoms with van der Waals surface area (Å²) in [7, 11) is -2.42. The number of aryl methyl sites for hydroxylation is 1. The maximum absolute atomic E-state index is 13.5. The monoisotopic (exact) mass is 523 g/mol. The van der Waals surface area contributed by atoms with E-state index in [0.29, 0.717) is 37.5 Å². The Morgan fingerprint density at radius 3 is 2.54 bits per heavy atom. The summed E-state index contributed by atoms with van der Waals surface area (Å²) >= 11 is 6.30. The average Bonchev–Trinajstić information content (AvgIpc) is 3.27. The molecular weight excluding hydrogens is 494 g/mol. The molecule has 1 unspecified atom stereocenters. The van der Waals surface area contributed by atoms with Crippen molar-refractivity contribution < 1.29 is 22.7 Å². The van der Waals surface area contributed by atoms with Gasteiger partial charge < -0.3 is 14.5 Å². The predicted molar refractivity (Wildman–Crippen MR) is 131 cm³/mol. The minimum Gasteiger partial charge on any atom is -0.466 e. The van der Waals surface area contributed by atoms with Crippen molar-refractivity contribution in [2.45, 2.75) is 24.8 Å². The van der Waals surface area contributed by atoms with Gasteiger partial charge in [-0.05, 0) is 31.9 Å². The lowest BCUT2D eigenvalue weighted by Crippen LogP contribution is -2.49. The van der Waals surface area contributed by atoms with Crippen molar-refractivity contribution in [3.63, 3.8) is 0 Å². The molecule has 2 aromatic rings. The number of hydrogen-bond acceptors (Lipinski definition) is 7. The van der Waals surface area contributed by atoms with Gasteiger partial charge in [0.1, 0.15) is 0 Å². The summed E-state index contributed by atoms with van der Waals surface area (Å²) in [4.78, 5) is 29.1. The molecule has 1 aromatic carbocycles. The molecule has 2 saturated heterocycles. The minimum atomic E-state index is -4.01. The quantitative estimate of drug-likeness (QED) is 0.533. The largest absolute Gasteiger partial charge is 0.466 e. The fourth-order valence-electron chi connectivity index (χ4n) is 4.59. The minimum absolute atomic E-state index is 0.0190. The van der Waals surface area contributed by atoms with Crippen LogP contribution in [0.25, 0.3) is 0 Å². The summed E-state index contributed by atoms with van der Waals surface area (Å²) in [5.41, 5.74) is 0.881. The van der Waals surface area contributed by atoms with Gasteiger partial charge in [0.2, 0.25) is 5.03 Å². The van der Waals surface area contributed by atoms with Crippen LogP contribution in [0.1, 0.15) is 30.1 Å². The van der Waals surface area contributed by atoms with Crippen LogP contribution in [0.15, 0.2) is 35.5 Å². The normalized spacial score (nSPS) is 19.6. The number of para-hydroxylation sites is 1. The predicted octanol–water partition coefficient (Wildman–Crippen LogP) is 2.00. The molecule has 0 radical (unpaired) electrons. The van der Waals surface area contributed by atoms with Crippen LogP contribution in [-0.4, -0.2) is 85.2 Å². The zero-order valence-corrected chi connectivity index (χ0v) is 21.5. The van der Waals surface area contributed by atoms with Crippen LogP contribution >= 0.6 is 11.6 Å². The number of rotatable bonds is 6. The Morgan fingerprint density at radius 2 is 1.86 bits per heavy atom. The van der Waals surface area contributed by atoms with E-state index in [1.54, 1.807) is 20.0 Å². The summed E-state index contributed by atoms with van der Waals surface area (Å²) < 4.78 is 34.9. The van der Waals surface area contributed by atoms with Crippen LogP contribution < -0.4 is 4.90 Å². The maximum Gasteiger partial charge on any atom is 0.310 e. The molecule has 1 aromatic heterocycles. The summed E-state index contributed by atoms with van der Waals surface area (Å²) in [6, 6.07) is 7.45. The van der Waals surface area contributed by atoms with E-state index in [1.165, 1.54) is 20.1 Å². The molecule has 3 heterocycles. The van der Waals surface area contributed by atoms with Gasteiger partial charge in [-0.3, -0.25) is 14.3 Å². The number of likely N-dealkylation sites (tertiary alicyclic amines) is 1. The van der Waals surface area contributed by atoms with Crippen molar-refractivity contribution in [2.24, 2.45) is 13.0 Å². The van der Waals surface area contributed by atoms with Crippen LogP contribution in [0.5, 0.6) is 0 Å². The molecule has 10 nitrogen and oxygen atoms in total. The zero-order chi connectivity index (χ0) is 25.2. The number of aromatic nitrogens is 2. The van der Waals surface area contributed by atoms with E-state index in [1.807, 2.05) is 23.1 Å². The Morgan fingerprint density at radius 1 is 1.14 bits per heavy atom. The summed E-state index contributed by atoms with van der Waals surface area (Å²) in [5, 5.41) is 4.52. The molecule has 2 aliphatic rings. The van der Waals surface area contributed by atoms with Crippen molar-refractivity contribution in [1.82, 2.24) is 19.0 Å². The highest BCUT2D eigenvalue weighted by molar-refractivity contribution is 7.89. The number of amides is 1. The topological polar surface area (TPSA) is 105 Å². The first-order valence-corrected chi connectivity index (χ1v) is 13.5. The molecular formula is C23H30ClN5O5S. The van der Waals surface area contributed by atoms with Crippen LogP contribution in [0.2, 0.25) is 5.02 Å². The highest BCUT2D eigenvalue weighted by Crippen LogP contribution is 2.28. The molecule has 2 fully saturated rings. The lowest BCUT2D eigenvalue weighted by atomic mass is 9.98. The molecule has 2 aliphatic heterocycles. The standard InChI is InChI=1S/C23H30ClN5O5S/c1-3-34-23(31)17-7-6-10-28(15-17)22(30)18-16-26(2)25-21(18)35(32,33)29-13-11-27(12-14-29)20-9-5-4-8-19(20)24/h4-5,8-9,16-17H,3,6-7,10-15H2,1-2H3. The Bertz CT molecular complexity index is 1190. The fourth-order valence-corrected chi connectivity index (χ4v) is 6.38. The molecule has 35 heavy (non-hydrogen) atoms. The molecule has 1 amide bonds. The van der Waals surface area contributed by atoms with Gasteiger partial charge in [0, 0.05) is 52.5 Å².